The lowest BCUT2D eigenvalue weighted by Crippen LogP contribution is -2.31. The van der Waals surface area contributed by atoms with Crippen LogP contribution in [0, 0.1) is 0 Å². The molecule has 1 aliphatic heterocycles. The van der Waals surface area contributed by atoms with Gasteiger partial charge in [-0.3, -0.25) is 0 Å². The Labute approximate surface area is 190 Å². The molecule has 172 valence electrons. The highest BCUT2D eigenvalue weighted by Gasteiger charge is 2.56. The minimum atomic E-state index is -0.774. The van der Waals surface area contributed by atoms with Gasteiger partial charge in [-0.1, -0.05) is 51.4 Å². The summed E-state index contributed by atoms with van der Waals surface area (Å²) < 4.78 is 0. The van der Waals surface area contributed by atoms with E-state index in [9.17, 15) is 0 Å². The Morgan fingerprint density at radius 1 is 0.467 bits per heavy atom. The zero-order valence-corrected chi connectivity index (χ0v) is 22.6. The van der Waals surface area contributed by atoms with Crippen LogP contribution in [0.3, 0.4) is 0 Å². The van der Waals surface area contributed by atoms with Gasteiger partial charge in [-0.05, 0) is 107 Å². The summed E-state index contributed by atoms with van der Waals surface area (Å²) in [6, 6.07) is 0. The van der Waals surface area contributed by atoms with Gasteiger partial charge in [-0.25, -0.2) is 0 Å². The van der Waals surface area contributed by atoms with Crippen molar-refractivity contribution in [3.05, 3.63) is 0 Å². The van der Waals surface area contributed by atoms with Gasteiger partial charge in [-0.2, -0.15) is 0 Å². The zero-order chi connectivity index (χ0) is 20.3. The molecule has 3 heteroatoms. The first-order valence-electron chi connectivity index (χ1n) is 14.3. The third-order valence-corrected chi connectivity index (χ3v) is 33.2. The standard InChI is InChI=1S/C27H50P3/c1-5-14-24(15-6-1)29(25-16-7-2-8-17-25)22-13-23-30(28-29,26-18-9-3-10-19-26)27-20-11-4-12-21-27/h24-27H,1-23H2/q+1. The normalized spacial score (nSPS) is 33.1. The first kappa shape index (κ1) is 22.9. The summed E-state index contributed by atoms with van der Waals surface area (Å²) in [7, 11) is 2.27. The van der Waals surface area contributed by atoms with Crippen LogP contribution in [-0.2, 0) is 0 Å². The maximum Gasteiger partial charge on any atom is 0.0822 e. The highest BCUT2D eigenvalue weighted by atomic mass is 32.3. The highest BCUT2D eigenvalue weighted by Crippen LogP contribution is 2.92. The molecule has 4 aliphatic carbocycles. The van der Waals surface area contributed by atoms with Crippen LogP contribution in [0.1, 0.15) is 135 Å². The van der Waals surface area contributed by atoms with Crippen molar-refractivity contribution in [2.75, 3.05) is 12.3 Å². The van der Waals surface area contributed by atoms with E-state index in [0.29, 0.717) is 0 Å². The number of rotatable bonds is 4. The molecule has 0 atom stereocenters. The number of hydrogen-bond acceptors (Lipinski definition) is 0. The minimum Gasteiger partial charge on any atom is -0.0533 e. The molecule has 0 aromatic heterocycles. The molecule has 1 heterocycles. The first-order chi connectivity index (χ1) is 14.8. The quantitative estimate of drug-likeness (QED) is 0.361. The maximum absolute atomic E-state index is 2.27. The molecule has 0 unspecified atom stereocenters. The molecule has 4 saturated carbocycles. The lowest BCUT2D eigenvalue weighted by Gasteiger charge is -2.50. The largest absolute Gasteiger partial charge is 0.0822 e. The van der Waals surface area contributed by atoms with Crippen LogP contribution in [0.15, 0.2) is 0 Å². The lowest BCUT2D eigenvalue weighted by atomic mass is 9.99. The Morgan fingerprint density at radius 3 is 1.30 bits per heavy atom. The third-order valence-electron chi connectivity index (χ3n) is 10.2. The van der Waals surface area contributed by atoms with Gasteiger partial charge in [0.1, 0.15) is 0 Å². The van der Waals surface area contributed by atoms with Crippen LogP contribution in [0.25, 0.3) is 0 Å². The van der Waals surface area contributed by atoms with Crippen LogP contribution >= 0.6 is 21.1 Å². The summed E-state index contributed by atoms with van der Waals surface area (Å²) in [6.07, 6.45) is 37.4. The monoisotopic (exact) mass is 467 g/mol. The summed E-state index contributed by atoms with van der Waals surface area (Å²) in [4.78, 5) is 0. The predicted octanol–water partition coefficient (Wildman–Crippen LogP) is 10.5. The lowest BCUT2D eigenvalue weighted by molar-refractivity contribution is 0.479. The average molecular weight is 468 g/mol. The Morgan fingerprint density at radius 2 is 0.867 bits per heavy atom. The fourth-order valence-electron chi connectivity index (χ4n) is 8.71. The molecule has 0 aromatic rings. The van der Waals surface area contributed by atoms with Gasteiger partial charge >= 0.3 is 0 Å². The summed E-state index contributed by atoms with van der Waals surface area (Å²) in [5, 5.41) is 0. The summed E-state index contributed by atoms with van der Waals surface area (Å²) in [5.41, 5.74) is 4.90. The van der Waals surface area contributed by atoms with E-state index in [1.165, 1.54) is 22.6 Å². The fraction of sp³-hybridized carbons (Fsp3) is 1.00. The average Bonchev–Trinajstić information content (AvgIpc) is 2.86. The fourth-order valence-corrected chi connectivity index (χ4v) is 39.6. The first-order valence-corrected chi connectivity index (χ1v) is 20.9. The topological polar surface area (TPSA) is 0 Å². The van der Waals surface area contributed by atoms with Crippen molar-refractivity contribution in [3.8, 4) is 0 Å². The Hall–Kier alpha value is 1.16. The Bertz CT molecular complexity index is 547. The smallest absolute Gasteiger partial charge is 0.0533 e. The van der Waals surface area contributed by atoms with Crippen molar-refractivity contribution >= 4 is 21.1 Å². The van der Waals surface area contributed by atoms with Crippen molar-refractivity contribution < 1.29 is 0 Å². The van der Waals surface area contributed by atoms with Gasteiger partial charge in [0.2, 0.25) is 0 Å². The van der Waals surface area contributed by atoms with Gasteiger partial charge in [0, 0.05) is 0 Å². The SMILES string of the molecule is C1CCC(P2(C3CCCCC3)=P[P+](C3CCCCC3)(C3CCCCC3)CCC2)CC1. The molecule has 0 radical (unpaired) electrons. The van der Waals surface area contributed by atoms with Crippen LogP contribution in [0.5, 0.6) is 0 Å². The molecule has 0 nitrogen and oxygen atoms in total. The van der Waals surface area contributed by atoms with Crippen molar-refractivity contribution in [1.82, 2.24) is 0 Å². The predicted molar refractivity (Wildman–Crippen MR) is 143 cm³/mol. The molecule has 30 heavy (non-hydrogen) atoms. The maximum atomic E-state index is 2.27. The van der Waals surface area contributed by atoms with Crippen LogP contribution in [0.2, 0.25) is 0 Å². The second kappa shape index (κ2) is 10.6. The molecule has 0 bridgehead atoms. The summed E-state index contributed by atoms with van der Waals surface area (Å²) in [5.74, 6) is 0. The van der Waals surface area contributed by atoms with E-state index in [1.807, 2.05) is 0 Å². The van der Waals surface area contributed by atoms with E-state index in [2.05, 4.69) is 7.56 Å². The second-order valence-corrected chi connectivity index (χ2v) is 26.0. The molecule has 0 saturated heterocycles. The number of hydrogen-bond donors (Lipinski definition) is 0. The molecule has 5 aliphatic rings. The third kappa shape index (κ3) is 4.57. The van der Waals surface area contributed by atoms with E-state index >= 15 is 0 Å². The van der Waals surface area contributed by atoms with Gasteiger partial charge < -0.3 is 0 Å². The van der Waals surface area contributed by atoms with Gasteiger partial charge in [0.25, 0.3) is 0 Å². The van der Waals surface area contributed by atoms with E-state index in [0.717, 1.165) is 0 Å². The van der Waals surface area contributed by atoms with E-state index in [-0.39, 0.29) is 0 Å². The highest BCUT2D eigenvalue weighted by molar-refractivity contribution is 8.46. The van der Waals surface area contributed by atoms with E-state index < -0.39 is 13.5 Å². The molecule has 0 amide bonds. The second-order valence-electron chi connectivity index (χ2n) is 11.8. The molecular weight excluding hydrogens is 417 g/mol. The zero-order valence-electron chi connectivity index (χ0n) is 19.9. The van der Waals surface area contributed by atoms with Gasteiger partial charge in [0.15, 0.2) is 0 Å². The van der Waals surface area contributed by atoms with Crippen molar-refractivity contribution in [2.24, 2.45) is 0 Å². The van der Waals surface area contributed by atoms with Crippen LogP contribution in [-0.4, -0.2) is 35.0 Å². The molecule has 5 rings (SSSR count). The van der Waals surface area contributed by atoms with Crippen LogP contribution in [0.4, 0.5) is 0 Å². The molecular formula is C27H50P3+. The van der Waals surface area contributed by atoms with E-state index in [4.69, 9.17) is 0 Å². The Kier molecular flexibility index (Phi) is 8.11. The van der Waals surface area contributed by atoms with Crippen LogP contribution < -0.4 is 0 Å². The van der Waals surface area contributed by atoms with Gasteiger partial charge in [-0.15, -0.1) is 0 Å². The summed E-state index contributed by atoms with van der Waals surface area (Å²) in [6.45, 7) is -1.55. The molecule has 0 spiro atoms. The minimum absolute atomic E-state index is 0.774. The molecule has 4 fully saturated rings. The molecule has 0 aromatic carbocycles. The van der Waals surface area contributed by atoms with Gasteiger partial charge in [0.05, 0.1) is 32.0 Å². The Balaban J connectivity index is 1.59. The van der Waals surface area contributed by atoms with E-state index in [1.54, 1.807) is 147 Å². The molecule has 0 N–H and O–H groups in total. The van der Waals surface area contributed by atoms with Crippen molar-refractivity contribution in [1.29, 1.82) is 0 Å². The van der Waals surface area contributed by atoms with Crippen molar-refractivity contribution in [3.63, 3.8) is 0 Å². The van der Waals surface area contributed by atoms with Crippen molar-refractivity contribution in [2.45, 2.75) is 157 Å². The summed E-state index contributed by atoms with van der Waals surface area (Å²) >= 11 is 0.